The molecule has 1 rings (SSSR count). The molecule has 1 aromatic rings. The highest BCUT2D eigenvalue weighted by Gasteiger charge is 2.09. The van der Waals surface area contributed by atoms with Crippen molar-refractivity contribution in [1.29, 1.82) is 5.26 Å². The third kappa shape index (κ3) is 3.01. The van der Waals surface area contributed by atoms with Gasteiger partial charge in [0.05, 0.1) is 12.0 Å². The second-order valence-corrected chi connectivity index (χ2v) is 3.62. The van der Waals surface area contributed by atoms with Crippen LogP contribution in [0.2, 0.25) is 5.15 Å². The topological polar surface area (TPSA) is 36.7 Å². The molecule has 0 radical (unpaired) electrons. The van der Waals surface area contributed by atoms with E-state index in [0.717, 1.165) is 24.8 Å². The fourth-order valence-corrected chi connectivity index (χ4v) is 1.53. The first kappa shape index (κ1) is 11.0. The Balaban J connectivity index is 2.75. The van der Waals surface area contributed by atoms with Crippen LogP contribution < -0.4 is 0 Å². The molecule has 0 aliphatic rings. The molecule has 0 N–H and O–H groups in total. The Bertz CT molecular complexity index is 330. The van der Waals surface area contributed by atoms with Gasteiger partial charge in [-0.05, 0) is 24.1 Å². The van der Waals surface area contributed by atoms with Gasteiger partial charge in [0.2, 0.25) is 0 Å². The Morgan fingerprint density at radius 2 is 2.43 bits per heavy atom. The van der Waals surface area contributed by atoms with E-state index in [2.05, 4.69) is 18.0 Å². The van der Waals surface area contributed by atoms with Crippen molar-refractivity contribution in [1.82, 2.24) is 4.98 Å². The molecule has 0 bridgehead atoms. The molecule has 0 amide bonds. The van der Waals surface area contributed by atoms with E-state index in [1.165, 1.54) is 0 Å². The number of nitrogens with zero attached hydrogens (tertiary/aromatic N) is 2. The molecule has 0 fully saturated rings. The van der Waals surface area contributed by atoms with Gasteiger partial charge in [-0.2, -0.15) is 5.26 Å². The lowest BCUT2D eigenvalue weighted by Gasteiger charge is -2.07. The van der Waals surface area contributed by atoms with Crippen LogP contribution in [0.3, 0.4) is 0 Å². The highest BCUT2D eigenvalue weighted by molar-refractivity contribution is 6.29. The predicted octanol–water partition coefficient (Wildman–Crippen LogP) is 3.53. The second-order valence-electron chi connectivity index (χ2n) is 3.24. The zero-order chi connectivity index (χ0) is 10.4. The van der Waals surface area contributed by atoms with Crippen LogP contribution >= 0.6 is 11.6 Å². The van der Waals surface area contributed by atoms with Crippen molar-refractivity contribution in [2.45, 2.75) is 32.1 Å². The van der Waals surface area contributed by atoms with Crippen molar-refractivity contribution >= 4 is 11.6 Å². The lowest BCUT2D eigenvalue weighted by Crippen LogP contribution is -1.96. The van der Waals surface area contributed by atoms with Gasteiger partial charge in [0.15, 0.2) is 0 Å². The Labute approximate surface area is 89.5 Å². The third-order valence-corrected chi connectivity index (χ3v) is 2.36. The predicted molar refractivity (Wildman–Crippen MR) is 57.1 cm³/mol. The van der Waals surface area contributed by atoms with Gasteiger partial charge in [-0.3, -0.25) is 0 Å². The van der Waals surface area contributed by atoms with Crippen LogP contribution in [0.5, 0.6) is 0 Å². The van der Waals surface area contributed by atoms with E-state index in [0.29, 0.717) is 5.15 Å². The van der Waals surface area contributed by atoms with E-state index in [9.17, 15) is 0 Å². The van der Waals surface area contributed by atoms with Crippen LogP contribution in [0.15, 0.2) is 18.3 Å². The Morgan fingerprint density at radius 3 is 3.00 bits per heavy atom. The molecule has 0 saturated heterocycles. The van der Waals surface area contributed by atoms with E-state index in [1.54, 1.807) is 12.3 Å². The van der Waals surface area contributed by atoms with Crippen molar-refractivity contribution in [3.63, 3.8) is 0 Å². The molecule has 1 unspecified atom stereocenters. The standard InChI is InChI=1S/C11H13ClN2/c1-2-3-4-10(8-13)9-5-6-14-11(12)7-9/h5-7,10H,2-4H2,1H3. The molecule has 2 nitrogen and oxygen atoms in total. The molecule has 1 heterocycles. The van der Waals surface area contributed by atoms with Gasteiger partial charge in [-0.15, -0.1) is 0 Å². The summed E-state index contributed by atoms with van der Waals surface area (Å²) in [6.45, 7) is 2.12. The maximum Gasteiger partial charge on any atom is 0.129 e. The van der Waals surface area contributed by atoms with Crippen LogP contribution in [0, 0.1) is 11.3 Å². The van der Waals surface area contributed by atoms with Crippen molar-refractivity contribution < 1.29 is 0 Å². The first-order valence-corrected chi connectivity index (χ1v) is 5.16. The smallest absolute Gasteiger partial charge is 0.129 e. The van der Waals surface area contributed by atoms with Gasteiger partial charge in [0.25, 0.3) is 0 Å². The maximum absolute atomic E-state index is 8.98. The van der Waals surface area contributed by atoms with E-state index in [-0.39, 0.29) is 5.92 Å². The van der Waals surface area contributed by atoms with Gasteiger partial charge in [0.1, 0.15) is 5.15 Å². The number of pyridine rings is 1. The summed E-state index contributed by atoms with van der Waals surface area (Å²) in [5.41, 5.74) is 0.973. The van der Waals surface area contributed by atoms with E-state index < -0.39 is 0 Å². The van der Waals surface area contributed by atoms with E-state index in [1.807, 2.05) is 6.07 Å². The van der Waals surface area contributed by atoms with Crippen molar-refractivity contribution in [2.24, 2.45) is 0 Å². The molecule has 3 heteroatoms. The Hall–Kier alpha value is -1.07. The molecular weight excluding hydrogens is 196 g/mol. The summed E-state index contributed by atoms with van der Waals surface area (Å²) in [6, 6.07) is 5.92. The normalized spacial score (nSPS) is 12.1. The number of rotatable bonds is 4. The number of aromatic nitrogens is 1. The molecule has 0 aromatic carbocycles. The third-order valence-electron chi connectivity index (χ3n) is 2.16. The minimum Gasteiger partial charge on any atom is -0.245 e. The molecular formula is C11H13ClN2. The lowest BCUT2D eigenvalue weighted by molar-refractivity contribution is 0.670. The minimum absolute atomic E-state index is 0.0459. The SMILES string of the molecule is CCCCC(C#N)c1ccnc(Cl)c1. The molecule has 74 valence electrons. The van der Waals surface area contributed by atoms with E-state index in [4.69, 9.17) is 16.9 Å². The largest absolute Gasteiger partial charge is 0.245 e. The summed E-state index contributed by atoms with van der Waals surface area (Å²) in [5.74, 6) is -0.0459. The average molecular weight is 209 g/mol. The lowest BCUT2D eigenvalue weighted by atomic mass is 9.96. The molecule has 0 spiro atoms. The van der Waals surface area contributed by atoms with Crippen LogP contribution in [0.25, 0.3) is 0 Å². The molecule has 1 atom stereocenters. The van der Waals surface area contributed by atoms with Crippen molar-refractivity contribution in [3.8, 4) is 6.07 Å². The number of nitriles is 1. The Kier molecular flexibility index (Phi) is 4.42. The van der Waals surface area contributed by atoms with Crippen molar-refractivity contribution in [2.75, 3.05) is 0 Å². The van der Waals surface area contributed by atoms with Gasteiger partial charge < -0.3 is 0 Å². The number of hydrogen-bond acceptors (Lipinski definition) is 2. The molecule has 0 aliphatic carbocycles. The van der Waals surface area contributed by atoms with Gasteiger partial charge in [-0.25, -0.2) is 4.98 Å². The highest BCUT2D eigenvalue weighted by atomic mass is 35.5. The molecule has 1 aromatic heterocycles. The quantitative estimate of drug-likeness (QED) is 0.710. The molecule has 14 heavy (non-hydrogen) atoms. The van der Waals surface area contributed by atoms with Gasteiger partial charge >= 0.3 is 0 Å². The highest BCUT2D eigenvalue weighted by Crippen LogP contribution is 2.22. The van der Waals surface area contributed by atoms with Crippen LogP contribution in [-0.2, 0) is 0 Å². The summed E-state index contributed by atoms with van der Waals surface area (Å²) in [5, 5.41) is 9.44. The summed E-state index contributed by atoms with van der Waals surface area (Å²) in [6.07, 6.45) is 4.72. The number of hydrogen-bond donors (Lipinski definition) is 0. The zero-order valence-corrected chi connectivity index (χ0v) is 8.96. The van der Waals surface area contributed by atoms with Crippen LogP contribution in [0.1, 0.15) is 37.7 Å². The Morgan fingerprint density at radius 1 is 1.64 bits per heavy atom. The number of halogens is 1. The van der Waals surface area contributed by atoms with Crippen LogP contribution in [0.4, 0.5) is 0 Å². The summed E-state index contributed by atoms with van der Waals surface area (Å²) in [4.78, 5) is 3.89. The monoisotopic (exact) mass is 208 g/mol. The first-order chi connectivity index (χ1) is 6.77. The maximum atomic E-state index is 8.98. The fourth-order valence-electron chi connectivity index (χ4n) is 1.35. The average Bonchev–Trinajstić information content (AvgIpc) is 2.19. The van der Waals surface area contributed by atoms with Gasteiger partial charge in [-0.1, -0.05) is 31.4 Å². The molecule has 0 saturated carbocycles. The molecule has 0 aliphatic heterocycles. The summed E-state index contributed by atoms with van der Waals surface area (Å²) in [7, 11) is 0. The van der Waals surface area contributed by atoms with Gasteiger partial charge in [0, 0.05) is 6.20 Å². The minimum atomic E-state index is -0.0459. The zero-order valence-electron chi connectivity index (χ0n) is 8.20. The summed E-state index contributed by atoms with van der Waals surface area (Å²) >= 11 is 5.76. The number of unbranched alkanes of at least 4 members (excludes halogenated alkanes) is 1. The van der Waals surface area contributed by atoms with Crippen LogP contribution in [-0.4, -0.2) is 4.98 Å². The first-order valence-electron chi connectivity index (χ1n) is 4.79. The fraction of sp³-hybridized carbons (Fsp3) is 0.455. The second kappa shape index (κ2) is 5.62. The van der Waals surface area contributed by atoms with Crippen molar-refractivity contribution in [3.05, 3.63) is 29.0 Å². The van der Waals surface area contributed by atoms with E-state index >= 15 is 0 Å². The summed E-state index contributed by atoms with van der Waals surface area (Å²) < 4.78 is 0.